The van der Waals surface area contributed by atoms with E-state index < -0.39 is 30.1 Å². The van der Waals surface area contributed by atoms with Gasteiger partial charge in [0.1, 0.15) is 5.15 Å². The molecule has 2 saturated heterocycles. The summed E-state index contributed by atoms with van der Waals surface area (Å²) in [7, 11) is -1.04. The van der Waals surface area contributed by atoms with Crippen LogP contribution in [0.4, 0.5) is 35.3 Å². The largest absolute Gasteiger partial charge is 0.496 e. The van der Waals surface area contributed by atoms with Crippen molar-refractivity contribution in [2.24, 2.45) is 0 Å². The average Bonchev–Trinajstić information content (AvgIpc) is 3.68. The highest BCUT2D eigenvalue weighted by molar-refractivity contribution is 6.62. The number of carbonyl (C=O) groups excluding carboxylic acids is 1. The number of pyridine rings is 2. The number of carbonyl (C=O) groups is 1. The molecule has 6 heterocycles. The van der Waals surface area contributed by atoms with Crippen molar-refractivity contribution in [2.45, 2.75) is 75.8 Å². The quantitative estimate of drug-likeness (QED) is 0.312. The zero-order valence-corrected chi connectivity index (χ0v) is 25.1. The van der Waals surface area contributed by atoms with E-state index in [1.54, 1.807) is 11.0 Å². The highest BCUT2D eigenvalue weighted by atomic mass is 35.5. The van der Waals surface area contributed by atoms with Crippen LogP contribution in [0.25, 0.3) is 0 Å². The third-order valence-electron chi connectivity index (χ3n) is 9.12. The lowest BCUT2D eigenvalue weighted by atomic mass is 9.79. The molecule has 3 aliphatic heterocycles. The molecular weight excluding hydrogens is 598 g/mol. The molecule has 10 nitrogen and oxygen atoms in total. The Morgan fingerprint density at radius 3 is 2.61 bits per heavy atom. The number of hydrogen-bond acceptors (Lipinski definition) is 8. The van der Waals surface area contributed by atoms with Crippen LogP contribution in [0, 0.1) is 0 Å². The molecule has 1 saturated carbocycles. The van der Waals surface area contributed by atoms with Crippen molar-refractivity contribution in [1.29, 1.82) is 0 Å². The number of halogens is 4. The molecule has 7 rings (SSSR count). The van der Waals surface area contributed by atoms with Gasteiger partial charge in [0.2, 0.25) is 0 Å². The lowest BCUT2D eigenvalue weighted by Gasteiger charge is -2.36. The first kappa shape index (κ1) is 29.2. The van der Waals surface area contributed by atoms with Crippen molar-refractivity contribution < 1.29 is 27.3 Å². The second kappa shape index (κ2) is 10.3. The minimum Gasteiger partial charge on any atom is -0.399 e. The number of urea groups is 1. The number of nitrogens with one attached hydrogen (secondary N) is 1. The molecule has 1 unspecified atom stereocenters. The standard InChI is InChI=1S/C29H30BClF3N7O3/c1-27(2)28(3,44-30(43-27)17-10-20(29(32,33)34)24(37-12-17)16-4-5-16)11-18-13-36-23(14-35-18)39-26(42)41-19-8-9-40(15-19)21-6-7-22(31)38-25(21)41/h6-7,10,12-14,16,19H,4-5,8-9,11,15H2,1-3H3,(H,36,39,42)/t19-,28?/m0/s1. The topological polar surface area (TPSA) is 106 Å². The zero-order valence-electron chi connectivity index (χ0n) is 24.4. The molecule has 2 atom stereocenters. The molecule has 230 valence electrons. The van der Waals surface area contributed by atoms with Gasteiger partial charge in [-0.2, -0.15) is 13.2 Å². The van der Waals surface area contributed by atoms with E-state index >= 15 is 0 Å². The van der Waals surface area contributed by atoms with Gasteiger partial charge in [0.25, 0.3) is 0 Å². The molecule has 1 N–H and O–H groups in total. The van der Waals surface area contributed by atoms with E-state index in [9.17, 15) is 18.0 Å². The van der Waals surface area contributed by atoms with Crippen molar-refractivity contribution in [3.05, 3.63) is 58.9 Å². The molecule has 4 aliphatic rings. The van der Waals surface area contributed by atoms with E-state index in [0.717, 1.165) is 24.7 Å². The number of hydrogen-bond donors (Lipinski definition) is 1. The van der Waals surface area contributed by atoms with E-state index in [2.05, 4.69) is 30.2 Å². The Morgan fingerprint density at radius 2 is 1.91 bits per heavy atom. The Hall–Kier alpha value is -3.49. The van der Waals surface area contributed by atoms with Gasteiger partial charge in [-0.1, -0.05) is 11.6 Å². The van der Waals surface area contributed by atoms with Gasteiger partial charge in [0.15, 0.2) is 11.6 Å². The Morgan fingerprint density at radius 1 is 1.11 bits per heavy atom. The predicted molar refractivity (Wildman–Crippen MR) is 158 cm³/mol. The normalized spacial score (nSPS) is 24.1. The summed E-state index contributed by atoms with van der Waals surface area (Å²) in [5.74, 6) is 0.615. The van der Waals surface area contributed by atoms with Gasteiger partial charge in [0, 0.05) is 37.1 Å². The van der Waals surface area contributed by atoms with Crippen LogP contribution in [-0.2, 0) is 21.9 Å². The van der Waals surface area contributed by atoms with Crippen LogP contribution >= 0.6 is 11.6 Å². The summed E-state index contributed by atoms with van der Waals surface area (Å²) in [6.45, 7) is 7.02. The lowest BCUT2D eigenvalue weighted by Crippen LogP contribution is -2.48. The molecule has 3 aromatic rings. The van der Waals surface area contributed by atoms with Crippen molar-refractivity contribution >= 4 is 47.5 Å². The second-order valence-corrected chi connectivity index (χ2v) is 12.9. The highest BCUT2D eigenvalue weighted by Crippen LogP contribution is 2.45. The van der Waals surface area contributed by atoms with E-state index in [-0.39, 0.29) is 41.4 Å². The van der Waals surface area contributed by atoms with Crippen LogP contribution in [0.2, 0.25) is 5.15 Å². The van der Waals surface area contributed by atoms with E-state index in [0.29, 0.717) is 36.1 Å². The molecule has 3 aromatic heterocycles. The SMILES string of the molecule is CC1(C)OB(c2cnc(C3CC3)c(C(F)(F)F)c2)OC1(C)Cc1cnc(NC(=O)N2c3nc(Cl)ccc3N3CC[C@H]2C3)cn1. The van der Waals surface area contributed by atoms with E-state index in [1.807, 2.05) is 26.8 Å². The van der Waals surface area contributed by atoms with Crippen LogP contribution < -0.4 is 20.6 Å². The summed E-state index contributed by atoms with van der Waals surface area (Å²) < 4.78 is 54.0. The van der Waals surface area contributed by atoms with Crippen molar-refractivity contribution in [2.75, 3.05) is 28.2 Å². The second-order valence-electron chi connectivity index (χ2n) is 12.5. The first-order valence-electron chi connectivity index (χ1n) is 14.6. The minimum absolute atomic E-state index is 0.0392. The summed E-state index contributed by atoms with van der Waals surface area (Å²) >= 11 is 6.15. The fraction of sp³-hybridized carbons (Fsp3) is 0.483. The Balaban J connectivity index is 1.06. The van der Waals surface area contributed by atoms with Gasteiger partial charge in [0.05, 0.1) is 52.3 Å². The molecule has 2 bridgehead atoms. The molecule has 0 radical (unpaired) electrons. The molecule has 3 fully saturated rings. The monoisotopic (exact) mass is 627 g/mol. The summed E-state index contributed by atoms with van der Waals surface area (Å²) in [5.41, 5.74) is -0.869. The van der Waals surface area contributed by atoms with Gasteiger partial charge in [-0.25, -0.2) is 14.8 Å². The maximum atomic E-state index is 13.9. The van der Waals surface area contributed by atoms with Crippen LogP contribution in [-0.4, -0.2) is 63.4 Å². The fourth-order valence-electron chi connectivity index (χ4n) is 6.19. The van der Waals surface area contributed by atoms with Crippen LogP contribution in [0.15, 0.2) is 36.8 Å². The smallest absolute Gasteiger partial charge is 0.399 e. The lowest BCUT2D eigenvalue weighted by molar-refractivity contribution is -0.138. The summed E-state index contributed by atoms with van der Waals surface area (Å²) in [6.07, 6.45) is 2.38. The van der Waals surface area contributed by atoms with E-state index in [4.69, 9.17) is 20.9 Å². The van der Waals surface area contributed by atoms with E-state index in [1.165, 1.54) is 18.6 Å². The third kappa shape index (κ3) is 5.16. The van der Waals surface area contributed by atoms with Gasteiger partial charge in [-0.15, -0.1) is 0 Å². The number of nitrogens with zero attached hydrogens (tertiary/aromatic N) is 6. The zero-order chi connectivity index (χ0) is 31.0. The number of amides is 2. The Labute approximate surface area is 257 Å². The molecular formula is C29H30BClF3N7O3. The first-order chi connectivity index (χ1) is 20.8. The molecule has 2 amide bonds. The maximum absolute atomic E-state index is 13.9. The maximum Gasteiger partial charge on any atom is 0.496 e. The number of alkyl halides is 3. The average molecular weight is 628 g/mol. The Kier molecular flexibility index (Phi) is 6.83. The number of aromatic nitrogens is 4. The number of rotatable bonds is 5. The molecule has 15 heteroatoms. The first-order valence-corrected chi connectivity index (χ1v) is 14.9. The molecule has 1 aliphatic carbocycles. The van der Waals surface area contributed by atoms with Crippen LogP contribution in [0.1, 0.15) is 62.9 Å². The Bertz CT molecular complexity index is 1620. The van der Waals surface area contributed by atoms with Gasteiger partial charge in [-0.3, -0.25) is 20.2 Å². The van der Waals surface area contributed by atoms with Crippen LogP contribution in [0.3, 0.4) is 0 Å². The fourth-order valence-corrected chi connectivity index (χ4v) is 6.33. The molecule has 0 aromatic carbocycles. The summed E-state index contributed by atoms with van der Waals surface area (Å²) in [5, 5.41) is 3.12. The third-order valence-corrected chi connectivity index (χ3v) is 9.33. The van der Waals surface area contributed by atoms with Gasteiger partial charge < -0.3 is 14.2 Å². The molecule has 44 heavy (non-hydrogen) atoms. The van der Waals surface area contributed by atoms with Crippen molar-refractivity contribution in [3.63, 3.8) is 0 Å². The van der Waals surface area contributed by atoms with Gasteiger partial charge in [-0.05, 0) is 58.2 Å². The number of anilines is 3. The van der Waals surface area contributed by atoms with Crippen LogP contribution in [0.5, 0.6) is 0 Å². The summed E-state index contributed by atoms with van der Waals surface area (Å²) in [4.78, 5) is 34.7. The van der Waals surface area contributed by atoms with Gasteiger partial charge >= 0.3 is 19.3 Å². The van der Waals surface area contributed by atoms with Crippen molar-refractivity contribution in [3.8, 4) is 0 Å². The van der Waals surface area contributed by atoms with Crippen molar-refractivity contribution in [1.82, 2.24) is 19.9 Å². The molecule has 0 spiro atoms. The predicted octanol–water partition coefficient (Wildman–Crippen LogP) is 4.97. The number of fused-ring (bicyclic) bond motifs is 4. The highest BCUT2D eigenvalue weighted by Gasteiger charge is 2.55. The minimum atomic E-state index is -4.52. The summed E-state index contributed by atoms with van der Waals surface area (Å²) in [6, 6.07) is 4.26.